The molecule has 1 amide bonds. The van der Waals surface area contributed by atoms with Crippen LogP contribution in [0.3, 0.4) is 0 Å². The third kappa shape index (κ3) is 3.98. The molecule has 4 rings (SSSR count). The monoisotopic (exact) mass is 443 g/mol. The van der Waals surface area contributed by atoms with Crippen LogP contribution >= 0.6 is 0 Å². The van der Waals surface area contributed by atoms with Crippen LogP contribution in [0.25, 0.3) is 16.9 Å². The minimum Gasteiger partial charge on any atom is -0.366 e. The van der Waals surface area contributed by atoms with Crippen molar-refractivity contribution in [1.82, 2.24) is 14.5 Å². The molecule has 4 aromatic rings. The molecule has 0 aliphatic carbocycles. The first-order chi connectivity index (χ1) is 15.1. The Kier molecular flexibility index (Phi) is 5.29. The number of rotatable bonds is 5. The summed E-state index contributed by atoms with van der Waals surface area (Å²) in [6, 6.07) is 12.1. The van der Waals surface area contributed by atoms with Gasteiger partial charge in [0.05, 0.1) is 5.52 Å². The Morgan fingerprint density at radius 3 is 2.59 bits per heavy atom. The summed E-state index contributed by atoms with van der Waals surface area (Å²) in [6.45, 7) is 1.64. The quantitative estimate of drug-likeness (QED) is 0.442. The number of fused-ring (bicyclic) bond motifs is 1. The van der Waals surface area contributed by atoms with E-state index in [1.54, 1.807) is 37.3 Å². The highest BCUT2D eigenvalue weighted by Gasteiger charge is 2.35. The van der Waals surface area contributed by atoms with Crippen molar-refractivity contribution in [3.63, 3.8) is 0 Å². The minimum absolute atomic E-state index is 0.0196. The van der Waals surface area contributed by atoms with E-state index in [1.807, 2.05) is 0 Å². The molecule has 0 fully saturated rings. The molecule has 0 aliphatic heterocycles. The normalized spacial score (nSPS) is 11.7. The van der Waals surface area contributed by atoms with Gasteiger partial charge in [-0.3, -0.25) is 9.36 Å². The van der Waals surface area contributed by atoms with Crippen molar-refractivity contribution >= 4 is 22.6 Å². The van der Waals surface area contributed by atoms with E-state index in [4.69, 9.17) is 5.73 Å². The van der Waals surface area contributed by atoms with Gasteiger partial charge in [-0.2, -0.15) is 18.2 Å². The number of nitrogens with zero attached hydrogens (tertiary/aromatic N) is 3. The summed E-state index contributed by atoms with van der Waals surface area (Å²) in [5, 5.41) is 3.17. The highest BCUT2D eigenvalue weighted by atomic mass is 19.4. The minimum atomic E-state index is -4.70. The van der Waals surface area contributed by atoms with Crippen LogP contribution in [-0.2, 0) is 12.7 Å². The number of primary amides is 1. The van der Waals surface area contributed by atoms with Crippen LogP contribution in [0, 0.1) is 12.7 Å². The lowest BCUT2D eigenvalue weighted by molar-refractivity contribution is -0.137. The van der Waals surface area contributed by atoms with Crippen LogP contribution in [0.2, 0.25) is 0 Å². The summed E-state index contributed by atoms with van der Waals surface area (Å²) in [5.74, 6) is -1.59. The first kappa shape index (κ1) is 21.3. The number of nitrogens with two attached hydrogens (primary N) is 1. The number of amides is 1. The summed E-state index contributed by atoms with van der Waals surface area (Å²) in [6.07, 6.45) is -4.00. The number of nitrogens with one attached hydrogen (secondary N) is 1. The smallest absolute Gasteiger partial charge is 0.366 e. The number of carbonyl (C=O) groups is 1. The third-order valence-electron chi connectivity index (χ3n) is 4.93. The van der Waals surface area contributed by atoms with Crippen molar-refractivity contribution in [2.45, 2.75) is 19.6 Å². The fraction of sp³-hybridized carbons (Fsp3) is 0.136. The van der Waals surface area contributed by atoms with E-state index in [0.29, 0.717) is 28.4 Å². The topological polar surface area (TPSA) is 85.8 Å². The molecular formula is C22H17F4N5O. The van der Waals surface area contributed by atoms with Gasteiger partial charge in [-0.05, 0) is 42.8 Å². The Labute approximate surface area is 179 Å². The zero-order chi connectivity index (χ0) is 23.0. The molecule has 6 nitrogen and oxygen atoms in total. The van der Waals surface area contributed by atoms with Gasteiger partial charge in [0.25, 0.3) is 0 Å². The summed E-state index contributed by atoms with van der Waals surface area (Å²) in [7, 11) is 0. The molecule has 3 N–H and O–H groups in total. The summed E-state index contributed by atoms with van der Waals surface area (Å²) in [5.41, 5.74) is 6.24. The van der Waals surface area contributed by atoms with Crippen molar-refractivity contribution in [3.8, 4) is 5.95 Å². The van der Waals surface area contributed by atoms with E-state index >= 15 is 0 Å². The Bertz CT molecular complexity index is 1330. The van der Waals surface area contributed by atoms with Gasteiger partial charge in [-0.1, -0.05) is 18.2 Å². The lowest BCUT2D eigenvalue weighted by Gasteiger charge is -2.15. The predicted octanol–water partition coefficient (Wildman–Crippen LogP) is 4.60. The van der Waals surface area contributed by atoms with Crippen molar-refractivity contribution in [2.75, 3.05) is 5.32 Å². The van der Waals surface area contributed by atoms with Crippen LogP contribution in [-0.4, -0.2) is 20.4 Å². The maximum absolute atomic E-state index is 13.5. The SMILES string of the molecule is Cc1cc2c(C(N)=O)cccc2n1-c1ncc(C(F)(F)F)c(NCc2cccc(F)c2)n1. The molecule has 0 saturated heterocycles. The lowest BCUT2D eigenvalue weighted by atomic mass is 10.1. The van der Waals surface area contributed by atoms with E-state index < -0.39 is 29.3 Å². The van der Waals surface area contributed by atoms with Crippen LogP contribution < -0.4 is 11.1 Å². The number of hydrogen-bond acceptors (Lipinski definition) is 4. The number of benzene rings is 2. The zero-order valence-electron chi connectivity index (χ0n) is 16.7. The van der Waals surface area contributed by atoms with E-state index in [1.165, 1.54) is 22.8 Å². The molecule has 0 bridgehead atoms. The van der Waals surface area contributed by atoms with E-state index in [-0.39, 0.29) is 18.1 Å². The summed E-state index contributed by atoms with van der Waals surface area (Å²) < 4.78 is 55.6. The summed E-state index contributed by atoms with van der Waals surface area (Å²) in [4.78, 5) is 19.8. The van der Waals surface area contributed by atoms with Gasteiger partial charge < -0.3 is 11.1 Å². The molecule has 0 spiro atoms. The number of aromatic nitrogens is 3. The second-order valence-corrected chi connectivity index (χ2v) is 7.14. The largest absolute Gasteiger partial charge is 0.421 e. The average Bonchev–Trinajstić information content (AvgIpc) is 3.07. The first-order valence-electron chi connectivity index (χ1n) is 9.49. The predicted molar refractivity (Wildman–Crippen MR) is 111 cm³/mol. The Hall–Kier alpha value is -3.95. The number of aryl methyl sites for hydroxylation is 1. The van der Waals surface area contributed by atoms with E-state index in [0.717, 1.165) is 0 Å². The van der Waals surface area contributed by atoms with Gasteiger partial charge in [-0.15, -0.1) is 0 Å². The molecule has 0 unspecified atom stereocenters. The average molecular weight is 443 g/mol. The molecule has 10 heteroatoms. The maximum atomic E-state index is 13.5. The van der Waals surface area contributed by atoms with Crippen LogP contribution in [0.1, 0.15) is 27.2 Å². The fourth-order valence-corrected chi connectivity index (χ4v) is 3.50. The number of hydrogen-bond donors (Lipinski definition) is 2. The number of anilines is 1. The van der Waals surface area contributed by atoms with Gasteiger partial charge in [0, 0.05) is 29.4 Å². The van der Waals surface area contributed by atoms with Gasteiger partial charge in [0.2, 0.25) is 11.9 Å². The number of carbonyl (C=O) groups excluding carboxylic acids is 1. The van der Waals surface area contributed by atoms with Crippen molar-refractivity contribution < 1.29 is 22.4 Å². The molecule has 0 aliphatic rings. The molecule has 2 aromatic heterocycles. The maximum Gasteiger partial charge on any atom is 0.421 e. The standard InChI is InChI=1S/C22H17F4N5O/c1-12-8-16-15(19(27)32)6-3-7-18(16)31(12)21-29-11-17(22(24,25)26)20(30-21)28-10-13-4-2-5-14(23)9-13/h2-9,11H,10H2,1H3,(H2,27,32)(H,28,29,30). The highest BCUT2D eigenvalue weighted by Crippen LogP contribution is 2.34. The van der Waals surface area contributed by atoms with Gasteiger partial charge in [-0.25, -0.2) is 9.37 Å². The fourth-order valence-electron chi connectivity index (χ4n) is 3.50. The second-order valence-electron chi connectivity index (χ2n) is 7.14. The van der Waals surface area contributed by atoms with Crippen molar-refractivity contribution in [1.29, 1.82) is 0 Å². The molecule has 0 radical (unpaired) electrons. The van der Waals surface area contributed by atoms with Crippen molar-refractivity contribution in [3.05, 3.63) is 82.9 Å². The Balaban J connectivity index is 1.81. The van der Waals surface area contributed by atoms with Crippen LogP contribution in [0.5, 0.6) is 0 Å². The summed E-state index contributed by atoms with van der Waals surface area (Å²) >= 11 is 0. The molecular weight excluding hydrogens is 426 g/mol. The molecule has 2 heterocycles. The number of alkyl halides is 3. The number of halogens is 4. The molecule has 32 heavy (non-hydrogen) atoms. The first-order valence-corrected chi connectivity index (χ1v) is 9.49. The van der Waals surface area contributed by atoms with E-state index in [2.05, 4.69) is 15.3 Å². The molecule has 0 saturated carbocycles. The second kappa shape index (κ2) is 7.95. The van der Waals surface area contributed by atoms with Gasteiger partial charge in [0.1, 0.15) is 17.2 Å². The van der Waals surface area contributed by atoms with Crippen molar-refractivity contribution in [2.24, 2.45) is 5.73 Å². The molecule has 2 aromatic carbocycles. The van der Waals surface area contributed by atoms with Crippen LogP contribution in [0.4, 0.5) is 23.4 Å². The van der Waals surface area contributed by atoms with Gasteiger partial charge >= 0.3 is 6.18 Å². The van der Waals surface area contributed by atoms with Gasteiger partial charge in [0.15, 0.2) is 0 Å². The zero-order valence-corrected chi connectivity index (χ0v) is 16.7. The van der Waals surface area contributed by atoms with Crippen LogP contribution in [0.15, 0.2) is 54.7 Å². The Morgan fingerprint density at radius 2 is 1.91 bits per heavy atom. The lowest BCUT2D eigenvalue weighted by Crippen LogP contribution is -2.15. The Morgan fingerprint density at radius 1 is 1.16 bits per heavy atom. The van der Waals surface area contributed by atoms with E-state index in [9.17, 15) is 22.4 Å². The molecule has 0 atom stereocenters. The highest BCUT2D eigenvalue weighted by molar-refractivity contribution is 6.06. The third-order valence-corrected chi connectivity index (χ3v) is 4.93. The molecule has 164 valence electrons.